The van der Waals surface area contributed by atoms with Crippen molar-refractivity contribution in [1.82, 2.24) is 4.90 Å². The number of hydrogen-bond donors (Lipinski definition) is 1. The van der Waals surface area contributed by atoms with Crippen molar-refractivity contribution in [3.8, 4) is 0 Å². The molecule has 1 aromatic carbocycles. The summed E-state index contributed by atoms with van der Waals surface area (Å²) in [7, 11) is 0. The van der Waals surface area contributed by atoms with Crippen molar-refractivity contribution in [3.05, 3.63) is 53.7 Å². The molecule has 1 saturated heterocycles. The van der Waals surface area contributed by atoms with Gasteiger partial charge < -0.3 is 9.73 Å². The number of ketones is 1. The van der Waals surface area contributed by atoms with E-state index in [-0.39, 0.29) is 17.4 Å². The molecule has 0 bridgehead atoms. The minimum atomic E-state index is -0.486. The largest absolute Gasteiger partial charge is 0.468 e. The smallest absolute Gasteiger partial charge is 0.164 e. The van der Waals surface area contributed by atoms with Crippen LogP contribution in [0.3, 0.4) is 0 Å². The van der Waals surface area contributed by atoms with Crippen LogP contribution in [0.15, 0.2) is 41.0 Å². The SMILES string of the molecule is CC(=O)c1c(F)cccc1NCC(c1ccco1)N1CCCCC1. The summed E-state index contributed by atoms with van der Waals surface area (Å²) >= 11 is 0. The fourth-order valence-corrected chi connectivity index (χ4v) is 3.36. The van der Waals surface area contributed by atoms with Crippen molar-refractivity contribution in [2.24, 2.45) is 0 Å². The second-order valence-electron chi connectivity index (χ2n) is 6.23. The Labute approximate surface area is 141 Å². The summed E-state index contributed by atoms with van der Waals surface area (Å²) in [5, 5.41) is 3.26. The highest BCUT2D eigenvalue weighted by Crippen LogP contribution is 2.27. The quantitative estimate of drug-likeness (QED) is 0.804. The van der Waals surface area contributed by atoms with E-state index >= 15 is 0 Å². The Kier molecular flexibility index (Phi) is 5.30. The molecule has 0 aliphatic carbocycles. The maximum atomic E-state index is 14.0. The topological polar surface area (TPSA) is 45.5 Å². The Hall–Kier alpha value is -2.14. The molecule has 1 unspecified atom stereocenters. The van der Waals surface area contributed by atoms with Gasteiger partial charge in [0.15, 0.2) is 5.78 Å². The molecule has 5 heteroatoms. The Morgan fingerprint density at radius 1 is 1.25 bits per heavy atom. The van der Waals surface area contributed by atoms with E-state index in [2.05, 4.69) is 10.2 Å². The minimum Gasteiger partial charge on any atom is -0.468 e. The van der Waals surface area contributed by atoms with E-state index in [1.54, 1.807) is 18.4 Å². The number of piperidine rings is 1. The van der Waals surface area contributed by atoms with E-state index < -0.39 is 5.82 Å². The van der Waals surface area contributed by atoms with Crippen LogP contribution in [-0.4, -0.2) is 30.3 Å². The van der Waals surface area contributed by atoms with Crippen molar-refractivity contribution < 1.29 is 13.6 Å². The molecule has 2 aromatic rings. The van der Waals surface area contributed by atoms with Gasteiger partial charge in [-0.1, -0.05) is 12.5 Å². The summed E-state index contributed by atoms with van der Waals surface area (Å²) in [6, 6.07) is 8.61. The fraction of sp³-hybridized carbons (Fsp3) is 0.421. The summed E-state index contributed by atoms with van der Waals surface area (Å²) in [5.74, 6) is 0.133. The first-order valence-electron chi connectivity index (χ1n) is 8.47. The number of anilines is 1. The molecule has 0 radical (unpaired) electrons. The normalized spacial score (nSPS) is 16.8. The lowest BCUT2D eigenvalue weighted by Gasteiger charge is -2.33. The lowest BCUT2D eigenvalue weighted by Crippen LogP contribution is -2.37. The molecular formula is C19H23FN2O2. The number of halogens is 1. The molecule has 0 amide bonds. The third-order valence-electron chi connectivity index (χ3n) is 4.55. The van der Waals surface area contributed by atoms with Crippen molar-refractivity contribution in [3.63, 3.8) is 0 Å². The highest BCUT2D eigenvalue weighted by atomic mass is 19.1. The van der Waals surface area contributed by atoms with E-state index in [1.165, 1.54) is 32.3 Å². The van der Waals surface area contributed by atoms with Gasteiger partial charge >= 0.3 is 0 Å². The van der Waals surface area contributed by atoms with Gasteiger partial charge in [-0.05, 0) is 57.1 Å². The van der Waals surface area contributed by atoms with Crippen molar-refractivity contribution in [1.29, 1.82) is 0 Å². The summed E-state index contributed by atoms with van der Waals surface area (Å²) in [4.78, 5) is 14.1. The van der Waals surface area contributed by atoms with Gasteiger partial charge in [-0.2, -0.15) is 0 Å². The first-order valence-corrected chi connectivity index (χ1v) is 8.47. The molecule has 1 fully saturated rings. The maximum Gasteiger partial charge on any atom is 0.164 e. The van der Waals surface area contributed by atoms with Crippen LogP contribution in [0.4, 0.5) is 10.1 Å². The van der Waals surface area contributed by atoms with E-state index in [9.17, 15) is 9.18 Å². The van der Waals surface area contributed by atoms with E-state index in [4.69, 9.17) is 4.42 Å². The number of nitrogens with one attached hydrogen (secondary N) is 1. The number of hydrogen-bond acceptors (Lipinski definition) is 4. The number of furan rings is 1. The number of carbonyl (C=O) groups excluding carboxylic acids is 1. The standard InChI is InChI=1S/C19H23FN2O2/c1-14(23)19-15(20)7-5-8-16(19)21-13-17(18-9-6-12-24-18)22-10-3-2-4-11-22/h5-9,12,17,21H,2-4,10-11,13H2,1H3. The summed E-state index contributed by atoms with van der Waals surface area (Å²) in [5.41, 5.74) is 0.658. The van der Waals surface area contributed by atoms with Crippen molar-refractivity contribution >= 4 is 11.5 Å². The van der Waals surface area contributed by atoms with E-state index in [1.807, 2.05) is 12.1 Å². The zero-order valence-corrected chi connectivity index (χ0v) is 13.9. The van der Waals surface area contributed by atoms with Crippen LogP contribution in [0.5, 0.6) is 0 Å². The van der Waals surface area contributed by atoms with Gasteiger partial charge in [-0.15, -0.1) is 0 Å². The number of carbonyl (C=O) groups is 1. The Morgan fingerprint density at radius 3 is 2.71 bits per heavy atom. The molecule has 24 heavy (non-hydrogen) atoms. The predicted molar refractivity (Wildman–Crippen MR) is 91.8 cm³/mol. The van der Waals surface area contributed by atoms with E-state index in [0.29, 0.717) is 12.2 Å². The van der Waals surface area contributed by atoms with Gasteiger partial charge in [-0.25, -0.2) is 4.39 Å². The van der Waals surface area contributed by atoms with E-state index in [0.717, 1.165) is 18.8 Å². The number of benzene rings is 1. The van der Waals surface area contributed by atoms with Crippen LogP contribution >= 0.6 is 0 Å². The lowest BCUT2D eigenvalue weighted by atomic mass is 10.1. The van der Waals surface area contributed by atoms with Gasteiger partial charge in [0.25, 0.3) is 0 Å². The number of Topliss-reactive ketones (excluding diaryl/α,β-unsaturated/α-hetero) is 1. The highest BCUT2D eigenvalue weighted by Gasteiger charge is 2.25. The molecule has 1 aliphatic rings. The molecule has 1 atom stereocenters. The van der Waals surface area contributed by atoms with Crippen LogP contribution in [0.2, 0.25) is 0 Å². The third-order valence-corrected chi connectivity index (χ3v) is 4.55. The molecule has 1 aromatic heterocycles. The van der Waals surface area contributed by atoms with Crippen LogP contribution in [0.1, 0.15) is 48.3 Å². The van der Waals surface area contributed by atoms with Gasteiger partial charge in [0.1, 0.15) is 11.6 Å². The van der Waals surface area contributed by atoms with Crippen molar-refractivity contribution in [2.45, 2.75) is 32.2 Å². The average Bonchev–Trinajstić information content (AvgIpc) is 3.10. The molecule has 1 aliphatic heterocycles. The Balaban J connectivity index is 1.79. The van der Waals surface area contributed by atoms with Crippen LogP contribution in [0.25, 0.3) is 0 Å². The first kappa shape index (κ1) is 16.7. The van der Waals surface area contributed by atoms with Gasteiger partial charge in [-0.3, -0.25) is 9.69 Å². The monoisotopic (exact) mass is 330 g/mol. The van der Waals surface area contributed by atoms with Gasteiger partial charge in [0.2, 0.25) is 0 Å². The average molecular weight is 330 g/mol. The van der Waals surface area contributed by atoms with Crippen LogP contribution in [-0.2, 0) is 0 Å². The lowest BCUT2D eigenvalue weighted by molar-refractivity contribution is 0.101. The third kappa shape index (κ3) is 3.67. The molecule has 2 heterocycles. The molecule has 0 saturated carbocycles. The second kappa shape index (κ2) is 7.62. The Morgan fingerprint density at radius 2 is 2.04 bits per heavy atom. The summed E-state index contributed by atoms with van der Waals surface area (Å²) < 4.78 is 19.6. The zero-order chi connectivity index (χ0) is 16.9. The highest BCUT2D eigenvalue weighted by molar-refractivity contribution is 5.99. The van der Waals surface area contributed by atoms with Gasteiger partial charge in [0, 0.05) is 12.2 Å². The molecular weight excluding hydrogens is 307 g/mol. The minimum absolute atomic E-state index is 0.0726. The summed E-state index contributed by atoms with van der Waals surface area (Å²) in [6.45, 7) is 4.00. The van der Waals surface area contributed by atoms with Crippen LogP contribution in [0, 0.1) is 5.82 Å². The zero-order valence-electron chi connectivity index (χ0n) is 13.9. The first-order chi connectivity index (χ1) is 11.7. The molecule has 3 rings (SSSR count). The Bertz CT molecular complexity index is 679. The maximum absolute atomic E-state index is 14.0. The van der Waals surface area contributed by atoms with Crippen molar-refractivity contribution in [2.75, 3.05) is 25.0 Å². The molecule has 0 spiro atoms. The number of likely N-dealkylation sites (tertiary alicyclic amines) is 1. The molecule has 128 valence electrons. The van der Waals surface area contributed by atoms with Crippen LogP contribution < -0.4 is 5.32 Å². The molecule has 1 N–H and O–H groups in total. The number of rotatable bonds is 6. The predicted octanol–water partition coefficient (Wildman–Crippen LogP) is 4.26. The summed E-state index contributed by atoms with van der Waals surface area (Å²) in [6.07, 6.45) is 5.29. The van der Waals surface area contributed by atoms with Gasteiger partial charge in [0.05, 0.1) is 17.9 Å². The second-order valence-corrected chi connectivity index (χ2v) is 6.23. The number of nitrogens with zero attached hydrogens (tertiary/aromatic N) is 1. The fourth-order valence-electron chi connectivity index (χ4n) is 3.36. The molecule has 4 nitrogen and oxygen atoms in total.